The molecule has 0 unspecified atom stereocenters. The number of nitrogens with zero attached hydrogens (tertiary/aromatic N) is 2. The molecule has 4 nitrogen and oxygen atoms in total. The second-order valence-corrected chi connectivity index (χ2v) is 4.71. The van der Waals surface area contributed by atoms with Crippen LogP contribution in [0.5, 0.6) is 5.75 Å². The maximum absolute atomic E-state index is 12.5. The van der Waals surface area contributed by atoms with Crippen molar-refractivity contribution in [3.8, 4) is 22.6 Å². The zero-order valence-corrected chi connectivity index (χ0v) is 10.4. The maximum Gasteiger partial charge on any atom is 0.212 e. The number of phenols is 1. The van der Waals surface area contributed by atoms with Crippen LogP contribution < -0.4 is 0 Å². The van der Waals surface area contributed by atoms with E-state index in [0.29, 0.717) is 11.3 Å². The molecule has 0 fully saturated rings. The van der Waals surface area contributed by atoms with Crippen LogP contribution in [0.3, 0.4) is 0 Å². The Labute approximate surface area is 114 Å². The second-order valence-electron chi connectivity index (χ2n) is 4.71. The fourth-order valence-electron chi connectivity index (χ4n) is 2.60. The molecule has 0 atom stereocenters. The summed E-state index contributed by atoms with van der Waals surface area (Å²) in [5, 5.41) is 13.6. The van der Waals surface area contributed by atoms with Gasteiger partial charge in [-0.15, -0.1) is 0 Å². The number of rotatable bonds is 1. The Morgan fingerprint density at radius 3 is 2.35 bits per heavy atom. The van der Waals surface area contributed by atoms with E-state index in [0.717, 1.165) is 16.8 Å². The number of carbonyl (C=O) groups excluding carboxylic acids is 1. The van der Waals surface area contributed by atoms with E-state index in [9.17, 15) is 9.90 Å². The topological polar surface area (TPSA) is 55.1 Å². The lowest BCUT2D eigenvalue weighted by Crippen LogP contribution is -2.07. The molecule has 2 aromatic carbocycles. The molecule has 0 radical (unpaired) electrons. The predicted octanol–water partition coefficient (Wildman–Crippen LogP) is 2.79. The highest BCUT2D eigenvalue weighted by molar-refractivity contribution is 6.20. The number of aromatic nitrogens is 2. The zero-order chi connectivity index (χ0) is 13.7. The van der Waals surface area contributed by atoms with Gasteiger partial charge in [0.1, 0.15) is 11.4 Å². The summed E-state index contributed by atoms with van der Waals surface area (Å²) in [6, 6.07) is 14.2. The van der Waals surface area contributed by atoms with Crippen molar-refractivity contribution < 1.29 is 9.90 Å². The lowest BCUT2D eigenvalue weighted by atomic mass is 10.1. The van der Waals surface area contributed by atoms with E-state index >= 15 is 0 Å². The first kappa shape index (κ1) is 11.0. The minimum atomic E-state index is -0.0128. The van der Waals surface area contributed by atoms with Crippen molar-refractivity contribution >= 4 is 5.78 Å². The van der Waals surface area contributed by atoms with Crippen LogP contribution in [0, 0.1) is 0 Å². The van der Waals surface area contributed by atoms with Gasteiger partial charge in [-0.05, 0) is 29.8 Å². The number of hydrogen-bond acceptors (Lipinski definition) is 3. The summed E-state index contributed by atoms with van der Waals surface area (Å²) >= 11 is 0. The Kier molecular flexibility index (Phi) is 2.09. The summed E-state index contributed by atoms with van der Waals surface area (Å²) in [5.41, 5.74) is 3.84. The molecule has 1 N–H and O–H groups in total. The Morgan fingerprint density at radius 1 is 0.900 bits per heavy atom. The molecule has 3 aromatic rings. The number of fused-ring (bicyclic) bond motifs is 3. The Morgan fingerprint density at radius 2 is 1.60 bits per heavy atom. The molecule has 1 heterocycles. The Bertz CT molecular complexity index is 832. The van der Waals surface area contributed by atoms with E-state index in [2.05, 4.69) is 5.10 Å². The molecule has 0 bridgehead atoms. The monoisotopic (exact) mass is 262 g/mol. The molecule has 0 saturated heterocycles. The molecule has 0 amide bonds. The van der Waals surface area contributed by atoms with Gasteiger partial charge in [0.25, 0.3) is 0 Å². The van der Waals surface area contributed by atoms with Crippen molar-refractivity contribution in [1.29, 1.82) is 0 Å². The van der Waals surface area contributed by atoms with E-state index in [4.69, 9.17) is 0 Å². The summed E-state index contributed by atoms with van der Waals surface area (Å²) in [5.74, 6) is 0.174. The molecule has 0 aliphatic heterocycles. The van der Waals surface area contributed by atoms with Gasteiger partial charge < -0.3 is 5.11 Å². The van der Waals surface area contributed by atoms with Crippen LogP contribution in [-0.2, 0) is 0 Å². The van der Waals surface area contributed by atoms with E-state index in [1.54, 1.807) is 35.1 Å². The first-order valence-electron chi connectivity index (χ1n) is 6.27. The molecular weight excluding hydrogens is 252 g/mol. The van der Waals surface area contributed by atoms with Crippen LogP contribution in [0.2, 0.25) is 0 Å². The summed E-state index contributed by atoms with van der Waals surface area (Å²) in [6.07, 6.45) is 1.71. The van der Waals surface area contributed by atoms with E-state index in [1.807, 2.05) is 24.3 Å². The third-order valence-corrected chi connectivity index (χ3v) is 3.54. The molecule has 96 valence electrons. The number of phenolic OH excluding ortho intramolecular Hbond substituents is 1. The summed E-state index contributed by atoms with van der Waals surface area (Å²) in [6.45, 7) is 0. The van der Waals surface area contributed by atoms with Crippen LogP contribution in [0.15, 0.2) is 54.7 Å². The highest BCUT2D eigenvalue weighted by atomic mass is 16.3. The van der Waals surface area contributed by atoms with Crippen LogP contribution in [0.1, 0.15) is 16.1 Å². The minimum absolute atomic E-state index is 0.0128. The number of ketones is 1. The molecule has 1 aliphatic carbocycles. The lowest BCUT2D eigenvalue weighted by molar-refractivity contribution is 0.103. The largest absolute Gasteiger partial charge is 0.508 e. The van der Waals surface area contributed by atoms with Gasteiger partial charge in [-0.25, -0.2) is 4.68 Å². The first-order valence-corrected chi connectivity index (χ1v) is 6.27. The lowest BCUT2D eigenvalue weighted by Gasteiger charge is -2.04. The van der Waals surface area contributed by atoms with Crippen molar-refractivity contribution in [2.24, 2.45) is 0 Å². The number of carbonyl (C=O) groups is 1. The van der Waals surface area contributed by atoms with Crippen molar-refractivity contribution in [3.05, 3.63) is 66.0 Å². The number of hydrogen-bond donors (Lipinski definition) is 1. The third-order valence-electron chi connectivity index (χ3n) is 3.54. The molecule has 4 rings (SSSR count). The molecule has 1 aromatic heterocycles. The van der Waals surface area contributed by atoms with Gasteiger partial charge in [0, 0.05) is 11.1 Å². The van der Waals surface area contributed by atoms with Crippen molar-refractivity contribution in [2.45, 2.75) is 0 Å². The summed E-state index contributed by atoms with van der Waals surface area (Å²) in [7, 11) is 0. The zero-order valence-electron chi connectivity index (χ0n) is 10.4. The fraction of sp³-hybridized carbons (Fsp3) is 0. The number of benzene rings is 2. The normalized spacial score (nSPS) is 12.3. The molecule has 1 aliphatic rings. The summed E-state index contributed by atoms with van der Waals surface area (Å²) in [4.78, 5) is 12.5. The Hall–Kier alpha value is -2.88. The smallest absolute Gasteiger partial charge is 0.212 e. The average molecular weight is 262 g/mol. The first-order chi connectivity index (χ1) is 9.75. The third kappa shape index (κ3) is 1.36. The van der Waals surface area contributed by atoms with Gasteiger partial charge in [0.2, 0.25) is 5.78 Å². The molecular formula is C16H10N2O2. The van der Waals surface area contributed by atoms with Gasteiger partial charge in [0.05, 0.1) is 11.9 Å². The van der Waals surface area contributed by atoms with E-state index in [1.165, 1.54) is 0 Å². The quantitative estimate of drug-likeness (QED) is 0.574. The van der Waals surface area contributed by atoms with Crippen molar-refractivity contribution in [1.82, 2.24) is 9.78 Å². The summed E-state index contributed by atoms with van der Waals surface area (Å²) < 4.78 is 1.62. The number of aromatic hydroxyl groups is 1. The van der Waals surface area contributed by atoms with Crippen molar-refractivity contribution in [2.75, 3.05) is 0 Å². The van der Waals surface area contributed by atoms with Crippen LogP contribution in [0.4, 0.5) is 0 Å². The SMILES string of the molecule is O=C1c2ccccc2-c2cnn(-c3ccc(O)cc3)c21. The minimum Gasteiger partial charge on any atom is -0.508 e. The predicted molar refractivity (Wildman–Crippen MR) is 74.1 cm³/mol. The fourth-order valence-corrected chi connectivity index (χ4v) is 2.60. The highest BCUT2D eigenvalue weighted by Crippen LogP contribution is 2.37. The molecule has 0 spiro atoms. The molecule has 4 heteroatoms. The van der Waals surface area contributed by atoms with Crippen molar-refractivity contribution in [3.63, 3.8) is 0 Å². The van der Waals surface area contributed by atoms with Crippen LogP contribution >= 0.6 is 0 Å². The van der Waals surface area contributed by atoms with Crippen LogP contribution in [0.25, 0.3) is 16.8 Å². The van der Waals surface area contributed by atoms with Gasteiger partial charge in [-0.3, -0.25) is 4.79 Å². The second kappa shape index (κ2) is 3.81. The molecule has 20 heavy (non-hydrogen) atoms. The van der Waals surface area contributed by atoms with Gasteiger partial charge in [-0.1, -0.05) is 24.3 Å². The van der Waals surface area contributed by atoms with Gasteiger partial charge >= 0.3 is 0 Å². The van der Waals surface area contributed by atoms with E-state index in [-0.39, 0.29) is 11.5 Å². The Balaban J connectivity index is 1.94. The average Bonchev–Trinajstić information content (AvgIpc) is 3.02. The van der Waals surface area contributed by atoms with E-state index < -0.39 is 0 Å². The highest BCUT2D eigenvalue weighted by Gasteiger charge is 2.31. The van der Waals surface area contributed by atoms with Gasteiger partial charge in [0.15, 0.2) is 0 Å². The standard InChI is InChI=1S/C16H10N2O2/c19-11-7-5-10(6-8-11)18-15-14(9-17-18)12-3-1-2-4-13(12)16(15)20/h1-9,19H. The maximum atomic E-state index is 12.5. The van der Waals surface area contributed by atoms with Crippen LogP contribution in [-0.4, -0.2) is 20.7 Å². The van der Waals surface area contributed by atoms with Gasteiger partial charge in [-0.2, -0.15) is 5.10 Å². The molecule has 0 saturated carbocycles.